The number of hydrogen-bond donors (Lipinski definition) is 2. The summed E-state index contributed by atoms with van der Waals surface area (Å²) in [6.07, 6.45) is 0. The molecular weight excluding hydrogens is 294 g/mol. The second kappa shape index (κ2) is 4.92. The number of carboxylic acids is 1. The fourth-order valence-electron chi connectivity index (χ4n) is 1.85. The molecule has 1 atom stereocenters. The predicted octanol–water partition coefficient (Wildman–Crippen LogP) is 2.74. The molecule has 0 aliphatic carbocycles. The van der Waals surface area contributed by atoms with E-state index in [0.717, 1.165) is 4.47 Å². The van der Waals surface area contributed by atoms with Gasteiger partial charge in [-0.05, 0) is 23.3 Å². The van der Waals surface area contributed by atoms with Gasteiger partial charge in [0.25, 0.3) is 0 Å². The smallest absolute Gasteiger partial charge is 0.333 e. The van der Waals surface area contributed by atoms with E-state index in [2.05, 4.69) is 15.9 Å². The van der Waals surface area contributed by atoms with Gasteiger partial charge in [-0.25, -0.2) is 4.79 Å². The third-order valence-electron chi connectivity index (χ3n) is 2.85. The fraction of sp³-hybridized carbons (Fsp3) is 0.0714. The molecular formula is C14H12BrNO2. The molecule has 1 unspecified atom stereocenters. The Bertz CT molecular complexity index is 571. The summed E-state index contributed by atoms with van der Waals surface area (Å²) in [5.74, 6) is -1.08. The van der Waals surface area contributed by atoms with E-state index >= 15 is 0 Å². The first-order chi connectivity index (χ1) is 8.55. The van der Waals surface area contributed by atoms with Crippen LogP contribution in [0, 0.1) is 0 Å². The summed E-state index contributed by atoms with van der Waals surface area (Å²) in [4.78, 5) is 11.6. The highest BCUT2D eigenvalue weighted by atomic mass is 79.9. The Labute approximate surface area is 113 Å². The molecule has 18 heavy (non-hydrogen) atoms. The number of nitrogens with two attached hydrogens (primary N) is 1. The average Bonchev–Trinajstić information content (AvgIpc) is 2.38. The number of carbonyl (C=O) groups is 1. The zero-order valence-corrected chi connectivity index (χ0v) is 11.1. The molecule has 2 aromatic carbocycles. The van der Waals surface area contributed by atoms with Crippen LogP contribution in [0.15, 0.2) is 59.1 Å². The van der Waals surface area contributed by atoms with Crippen LogP contribution in [0.5, 0.6) is 0 Å². The molecule has 2 aromatic rings. The van der Waals surface area contributed by atoms with E-state index in [0.29, 0.717) is 11.1 Å². The van der Waals surface area contributed by atoms with E-state index in [-0.39, 0.29) is 0 Å². The van der Waals surface area contributed by atoms with Crippen molar-refractivity contribution in [1.82, 2.24) is 0 Å². The Morgan fingerprint density at radius 1 is 1.06 bits per heavy atom. The van der Waals surface area contributed by atoms with Gasteiger partial charge in [0.1, 0.15) is 0 Å². The lowest BCUT2D eigenvalue weighted by atomic mass is 9.84. The molecule has 0 amide bonds. The molecule has 2 rings (SSSR count). The zero-order valence-electron chi connectivity index (χ0n) is 9.51. The van der Waals surface area contributed by atoms with Crippen LogP contribution in [0.2, 0.25) is 0 Å². The van der Waals surface area contributed by atoms with Crippen molar-refractivity contribution < 1.29 is 9.90 Å². The maximum atomic E-state index is 11.6. The highest BCUT2D eigenvalue weighted by molar-refractivity contribution is 9.10. The number of benzene rings is 2. The molecule has 0 spiro atoms. The van der Waals surface area contributed by atoms with Gasteiger partial charge in [0.2, 0.25) is 0 Å². The monoisotopic (exact) mass is 305 g/mol. The first kappa shape index (κ1) is 12.8. The molecule has 4 heteroatoms. The van der Waals surface area contributed by atoms with Gasteiger partial charge in [-0.2, -0.15) is 0 Å². The van der Waals surface area contributed by atoms with Gasteiger partial charge in [-0.1, -0.05) is 58.4 Å². The van der Waals surface area contributed by atoms with E-state index in [4.69, 9.17) is 5.73 Å². The highest BCUT2D eigenvalue weighted by Crippen LogP contribution is 2.29. The molecule has 92 valence electrons. The van der Waals surface area contributed by atoms with Crippen molar-refractivity contribution in [3.8, 4) is 0 Å². The van der Waals surface area contributed by atoms with Crippen molar-refractivity contribution in [2.24, 2.45) is 5.73 Å². The third kappa shape index (κ3) is 2.17. The number of hydrogen-bond acceptors (Lipinski definition) is 2. The molecule has 3 nitrogen and oxygen atoms in total. The summed E-state index contributed by atoms with van der Waals surface area (Å²) >= 11 is 3.33. The van der Waals surface area contributed by atoms with Crippen molar-refractivity contribution in [2.75, 3.05) is 0 Å². The normalized spacial score (nSPS) is 13.9. The number of carboxylic acid groups (broad SMARTS) is 1. The summed E-state index contributed by atoms with van der Waals surface area (Å²) in [6, 6.07) is 15.9. The van der Waals surface area contributed by atoms with Gasteiger partial charge in [0.05, 0.1) is 0 Å². The minimum Gasteiger partial charge on any atom is -0.479 e. The standard InChI is InChI=1S/C14H12BrNO2/c15-12-8-4-7-11(9-12)14(16,13(17)18)10-5-2-1-3-6-10/h1-9H,16H2,(H,17,18). The molecule has 0 radical (unpaired) electrons. The maximum Gasteiger partial charge on any atom is 0.333 e. The van der Waals surface area contributed by atoms with Crippen LogP contribution in [-0.4, -0.2) is 11.1 Å². The highest BCUT2D eigenvalue weighted by Gasteiger charge is 2.38. The second-order valence-corrected chi connectivity index (χ2v) is 4.91. The Morgan fingerprint density at radius 2 is 1.67 bits per heavy atom. The number of rotatable bonds is 3. The zero-order chi connectivity index (χ0) is 13.2. The first-order valence-electron chi connectivity index (χ1n) is 5.39. The minimum absolute atomic E-state index is 0.538. The van der Waals surface area contributed by atoms with Gasteiger partial charge in [-0.3, -0.25) is 0 Å². The molecule has 0 saturated carbocycles. The molecule has 0 aromatic heterocycles. The summed E-state index contributed by atoms with van der Waals surface area (Å²) in [5.41, 5.74) is 5.68. The molecule has 0 aliphatic heterocycles. The molecule has 0 fully saturated rings. The van der Waals surface area contributed by atoms with Crippen LogP contribution in [0.4, 0.5) is 0 Å². The van der Waals surface area contributed by atoms with Gasteiger partial charge >= 0.3 is 5.97 Å². The number of aliphatic carboxylic acids is 1. The lowest BCUT2D eigenvalue weighted by Gasteiger charge is -2.26. The van der Waals surface area contributed by atoms with Crippen molar-refractivity contribution >= 4 is 21.9 Å². The van der Waals surface area contributed by atoms with E-state index in [1.54, 1.807) is 42.5 Å². The first-order valence-corrected chi connectivity index (χ1v) is 6.18. The largest absolute Gasteiger partial charge is 0.479 e. The average molecular weight is 306 g/mol. The Kier molecular flexibility index (Phi) is 3.50. The van der Waals surface area contributed by atoms with Gasteiger partial charge < -0.3 is 10.8 Å². The molecule has 0 bridgehead atoms. The van der Waals surface area contributed by atoms with Crippen molar-refractivity contribution in [3.63, 3.8) is 0 Å². The van der Waals surface area contributed by atoms with Gasteiger partial charge in [0, 0.05) is 4.47 Å². The quantitative estimate of drug-likeness (QED) is 0.916. The van der Waals surface area contributed by atoms with Crippen LogP contribution in [0.3, 0.4) is 0 Å². The van der Waals surface area contributed by atoms with Crippen molar-refractivity contribution in [2.45, 2.75) is 5.54 Å². The number of halogens is 1. The Morgan fingerprint density at radius 3 is 2.22 bits per heavy atom. The van der Waals surface area contributed by atoms with E-state index in [1.807, 2.05) is 12.1 Å². The molecule has 0 heterocycles. The summed E-state index contributed by atoms with van der Waals surface area (Å²) < 4.78 is 0.798. The summed E-state index contributed by atoms with van der Waals surface area (Å²) in [7, 11) is 0. The second-order valence-electron chi connectivity index (χ2n) is 3.99. The summed E-state index contributed by atoms with van der Waals surface area (Å²) in [5, 5.41) is 9.49. The van der Waals surface area contributed by atoms with Crippen LogP contribution >= 0.6 is 15.9 Å². The lowest BCUT2D eigenvalue weighted by molar-refractivity contribution is -0.142. The van der Waals surface area contributed by atoms with E-state index < -0.39 is 11.5 Å². The molecule has 0 saturated heterocycles. The lowest BCUT2D eigenvalue weighted by Crippen LogP contribution is -2.45. The predicted molar refractivity (Wildman–Crippen MR) is 73.2 cm³/mol. The fourth-order valence-corrected chi connectivity index (χ4v) is 2.25. The van der Waals surface area contributed by atoms with Gasteiger partial charge in [-0.15, -0.1) is 0 Å². The Hall–Kier alpha value is -1.65. The van der Waals surface area contributed by atoms with Crippen LogP contribution in [0.25, 0.3) is 0 Å². The van der Waals surface area contributed by atoms with Crippen LogP contribution in [-0.2, 0) is 10.3 Å². The SMILES string of the molecule is NC(C(=O)O)(c1ccccc1)c1cccc(Br)c1. The third-order valence-corrected chi connectivity index (χ3v) is 3.34. The van der Waals surface area contributed by atoms with E-state index in [1.165, 1.54) is 0 Å². The maximum absolute atomic E-state index is 11.6. The van der Waals surface area contributed by atoms with Crippen LogP contribution in [0.1, 0.15) is 11.1 Å². The summed E-state index contributed by atoms with van der Waals surface area (Å²) in [6.45, 7) is 0. The topological polar surface area (TPSA) is 63.3 Å². The van der Waals surface area contributed by atoms with Crippen molar-refractivity contribution in [3.05, 3.63) is 70.2 Å². The Balaban J connectivity index is 2.62. The molecule has 3 N–H and O–H groups in total. The van der Waals surface area contributed by atoms with Crippen molar-refractivity contribution in [1.29, 1.82) is 0 Å². The van der Waals surface area contributed by atoms with E-state index in [9.17, 15) is 9.90 Å². The van der Waals surface area contributed by atoms with Crippen LogP contribution < -0.4 is 5.73 Å². The van der Waals surface area contributed by atoms with Gasteiger partial charge in [0.15, 0.2) is 5.54 Å². The minimum atomic E-state index is -1.54. The molecule has 0 aliphatic rings.